The van der Waals surface area contributed by atoms with Crippen LogP contribution in [0.2, 0.25) is 5.15 Å². The molecule has 0 aliphatic heterocycles. The van der Waals surface area contributed by atoms with Crippen molar-refractivity contribution in [2.45, 2.75) is 6.92 Å². The number of halogens is 4. The van der Waals surface area contributed by atoms with E-state index in [1.54, 1.807) is 0 Å². The third-order valence-electron chi connectivity index (χ3n) is 2.20. The molecule has 0 saturated carbocycles. The molecule has 0 saturated heterocycles. The first-order chi connectivity index (χ1) is 7.02. The van der Waals surface area contributed by atoms with Crippen LogP contribution in [0.25, 0.3) is 10.8 Å². The highest BCUT2D eigenvalue weighted by Crippen LogP contribution is 2.29. The Morgan fingerprint density at radius 3 is 2.53 bits per heavy atom. The van der Waals surface area contributed by atoms with Gasteiger partial charge in [-0.3, -0.25) is 0 Å². The second-order valence-electron chi connectivity index (χ2n) is 3.10. The number of hydrogen-bond acceptors (Lipinski definition) is 1. The van der Waals surface area contributed by atoms with Crippen LogP contribution in [-0.2, 0) is 0 Å². The minimum absolute atomic E-state index is 0.0496. The van der Waals surface area contributed by atoms with Crippen LogP contribution in [0.5, 0.6) is 0 Å². The first-order valence-electron chi connectivity index (χ1n) is 4.11. The summed E-state index contributed by atoms with van der Waals surface area (Å²) >= 11 is 5.62. The van der Waals surface area contributed by atoms with Crippen LogP contribution in [0, 0.1) is 24.5 Å². The molecule has 0 radical (unpaired) electrons. The highest BCUT2D eigenvalue weighted by atomic mass is 35.5. The van der Waals surface area contributed by atoms with Crippen molar-refractivity contribution in [1.29, 1.82) is 0 Å². The van der Waals surface area contributed by atoms with E-state index >= 15 is 0 Å². The number of aryl methyl sites for hydroxylation is 1. The lowest BCUT2D eigenvalue weighted by Crippen LogP contribution is -1.96. The molecule has 0 N–H and O–H groups in total. The molecule has 0 bridgehead atoms. The van der Waals surface area contributed by atoms with E-state index in [2.05, 4.69) is 4.98 Å². The molecule has 5 heteroatoms. The van der Waals surface area contributed by atoms with E-state index in [-0.39, 0.29) is 21.5 Å². The predicted octanol–water partition coefficient (Wildman–Crippen LogP) is 3.61. The highest BCUT2D eigenvalue weighted by Gasteiger charge is 2.15. The maximum absolute atomic E-state index is 13.4. The molecule has 2 rings (SSSR count). The van der Waals surface area contributed by atoms with Crippen molar-refractivity contribution >= 4 is 22.4 Å². The molecule has 1 nitrogen and oxygen atoms in total. The average Bonchev–Trinajstić information content (AvgIpc) is 2.19. The van der Waals surface area contributed by atoms with Crippen molar-refractivity contribution < 1.29 is 13.2 Å². The van der Waals surface area contributed by atoms with Gasteiger partial charge in [0.2, 0.25) is 5.95 Å². The van der Waals surface area contributed by atoms with Gasteiger partial charge >= 0.3 is 0 Å². The van der Waals surface area contributed by atoms with Gasteiger partial charge in [-0.2, -0.15) is 4.39 Å². The van der Waals surface area contributed by atoms with E-state index < -0.39 is 17.6 Å². The fourth-order valence-corrected chi connectivity index (χ4v) is 1.65. The monoisotopic (exact) mass is 231 g/mol. The van der Waals surface area contributed by atoms with Gasteiger partial charge in [0.15, 0.2) is 11.6 Å². The molecule has 78 valence electrons. The Labute approximate surface area is 88.5 Å². The van der Waals surface area contributed by atoms with Gasteiger partial charge in [0.25, 0.3) is 0 Å². The number of aromatic nitrogens is 1. The van der Waals surface area contributed by atoms with Crippen LogP contribution in [0.1, 0.15) is 5.56 Å². The minimum atomic E-state index is -1.10. The summed E-state index contributed by atoms with van der Waals surface area (Å²) in [6.45, 7) is 1.32. The third-order valence-corrected chi connectivity index (χ3v) is 2.49. The Morgan fingerprint density at radius 1 is 1.20 bits per heavy atom. The van der Waals surface area contributed by atoms with Crippen molar-refractivity contribution in [1.82, 2.24) is 4.98 Å². The molecule has 15 heavy (non-hydrogen) atoms. The van der Waals surface area contributed by atoms with E-state index in [4.69, 9.17) is 11.6 Å². The van der Waals surface area contributed by atoms with Crippen molar-refractivity contribution in [3.8, 4) is 0 Å². The predicted molar refractivity (Wildman–Crippen MR) is 51.4 cm³/mol. The van der Waals surface area contributed by atoms with Gasteiger partial charge in [-0.25, -0.2) is 13.8 Å². The lowest BCUT2D eigenvalue weighted by atomic mass is 10.1. The molecule has 0 amide bonds. The zero-order valence-electron chi connectivity index (χ0n) is 7.61. The molecule has 2 aromatic rings. The summed E-state index contributed by atoms with van der Waals surface area (Å²) in [5.74, 6) is -3.03. The Bertz CT molecular complexity index is 546. The molecule has 0 aliphatic rings. The topological polar surface area (TPSA) is 12.9 Å². The SMILES string of the molecule is Cc1c(F)nc(Cl)c2ccc(F)c(F)c12. The fourth-order valence-electron chi connectivity index (χ4n) is 1.42. The normalized spacial score (nSPS) is 11.0. The van der Waals surface area contributed by atoms with Crippen LogP contribution in [-0.4, -0.2) is 4.98 Å². The van der Waals surface area contributed by atoms with Crippen LogP contribution in [0.4, 0.5) is 13.2 Å². The summed E-state index contributed by atoms with van der Waals surface area (Å²) in [5.41, 5.74) is -0.0496. The number of hydrogen-bond donors (Lipinski definition) is 0. The Kier molecular flexibility index (Phi) is 2.31. The van der Waals surface area contributed by atoms with E-state index in [9.17, 15) is 13.2 Å². The van der Waals surface area contributed by atoms with Crippen LogP contribution in [0.15, 0.2) is 12.1 Å². The van der Waals surface area contributed by atoms with E-state index in [1.165, 1.54) is 13.0 Å². The zero-order chi connectivity index (χ0) is 11.2. The molecule has 1 heterocycles. The molecular weight excluding hydrogens is 227 g/mol. The van der Waals surface area contributed by atoms with Gasteiger partial charge in [-0.05, 0) is 19.1 Å². The van der Waals surface area contributed by atoms with Crippen molar-refractivity contribution in [2.75, 3.05) is 0 Å². The van der Waals surface area contributed by atoms with Crippen molar-refractivity contribution in [3.05, 3.63) is 40.4 Å². The van der Waals surface area contributed by atoms with Gasteiger partial charge in [0.1, 0.15) is 5.15 Å². The summed E-state index contributed by atoms with van der Waals surface area (Å²) in [6, 6.07) is 2.21. The number of fused-ring (bicyclic) bond motifs is 1. The van der Waals surface area contributed by atoms with Crippen molar-refractivity contribution in [2.24, 2.45) is 0 Å². The summed E-state index contributed by atoms with van der Waals surface area (Å²) in [6.07, 6.45) is 0. The van der Waals surface area contributed by atoms with Gasteiger partial charge in [-0.1, -0.05) is 11.6 Å². The zero-order valence-corrected chi connectivity index (χ0v) is 8.37. The Morgan fingerprint density at radius 2 is 1.87 bits per heavy atom. The lowest BCUT2D eigenvalue weighted by molar-refractivity contribution is 0.514. The van der Waals surface area contributed by atoms with Gasteiger partial charge in [0, 0.05) is 16.3 Å². The molecule has 0 aliphatic carbocycles. The maximum atomic E-state index is 13.4. The number of pyridine rings is 1. The molecule has 0 fully saturated rings. The highest BCUT2D eigenvalue weighted by molar-refractivity contribution is 6.34. The third kappa shape index (κ3) is 1.45. The van der Waals surface area contributed by atoms with E-state index in [0.29, 0.717) is 0 Å². The first kappa shape index (κ1) is 10.2. The maximum Gasteiger partial charge on any atom is 0.217 e. The summed E-state index contributed by atoms with van der Waals surface area (Å²) in [4.78, 5) is 3.38. The largest absolute Gasteiger partial charge is 0.217 e. The quantitative estimate of drug-likeness (QED) is 0.631. The number of rotatable bonds is 0. The number of nitrogens with zero attached hydrogens (tertiary/aromatic N) is 1. The number of benzene rings is 1. The summed E-state index contributed by atoms with van der Waals surface area (Å²) in [7, 11) is 0. The molecule has 1 aromatic heterocycles. The molecule has 0 unspecified atom stereocenters. The minimum Gasteiger partial charge on any atom is -0.207 e. The Balaban J connectivity index is 3.04. The van der Waals surface area contributed by atoms with Gasteiger partial charge < -0.3 is 0 Å². The van der Waals surface area contributed by atoms with Crippen molar-refractivity contribution in [3.63, 3.8) is 0 Å². The molecule has 0 atom stereocenters. The average molecular weight is 232 g/mol. The van der Waals surface area contributed by atoms with E-state index in [0.717, 1.165) is 6.07 Å². The molecular formula is C10H5ClF3N. The van der Waals surface area contributed by atoms with Gasteiger partial charge in [0.05, 0.1) is 0 Å². The summed E-state index contributed by atoms with van der Waals surface area (Å²) in [5, 5.41) is -0.131. The standard InChI is InChI=1S/C10H5ClF3N/c1-4-7-5(9(11)15-10(4)14)2-3-6(12)8(7)13/h2-3H,1H3. The molecule has 0 spiro atoms. The van der Waals surface area contributed by atoms with Crippen LogP contribution < -0.4 is 0 Å². The fraction of sp³-hybridized carbons (Fsp3) is 0.100. The first-order valence-corrected chi connectivity index (χ1v) is 4.49. The second-order valence-corrected chi connectivity index (χ2v) is 3.46. The van der Waals surface area contributed by atoms with Gasteiger partial charge in [-0.15, -0.1) is 0 Å². The molecule has 1 aromatic carbocycles. The second kappa shape index (κ2) is 3.38. The smallest absolute Gasteiger partial charge is 0.207 e. The Hall–Kier alpha value is -1.29. The van der Waals surface area contributed by atoms with Crippen LogP contribution >= 0.6 is 11.6 Å². The van der Waals surface area contributed by atoms with Crippen LogP contribution in [0.3, 0.4) is 0 Å². The van der Waals surface area contributed by atoms with E-state index in [1.807, 2.05) is 0 Å². The summed E-state index contributed by atoms with van der Waals surface area (Å²) < 4.78 is 39.5. The lowest BCUT2D eigenvalue weighted by Gasteiger charge is -2.06.